The predicted octanol–water partition coefficient (Wildman–Crippen LogP) is 3.05. The van der Waals surface area contributed by atoms with Gasteiger partial charge >= 0.3 is 12.0 Å². The second kappa shape index (κ2) is 10.7. The van der Waals surface area contributed by atoms with Gasteiger partial charge in [0.1, 0.15) is 11.8 Å². The lowest BCUT2D eigenvalue weighted by molar-refractivity contribution is -0.384. The quantitative estimate of drug-likeness (QED) is 0.307. The summed E-state index contributed by atoms with van der Waals surface area (Å²) >= 11 is 0. The van der Waals surface area contributed by atoms with E-state index >= 15 is 0 Å². The molecule has 1 atom stereocenters. The average Bonchev–Trinajstić information content (AvgIpc) is 2.78. The first kappa shape index (κ1) is 23.2. The fourth-order valence-corrected chi connectivity index (χ4v) is 3.49. The van der Waals surface area contributed by atoms with E-state index in [1.165, 1.54) is 29.8 Å². The number of non-ortho nitro benzene ring substituents is 1. The van der Waals surface area contributed by atoms with Crippen LogP contribution in [0.1, 0.15) is 19.4 Å². The van der Waals surface area contributed by atoms with E-state index in [1.807, 2.05) is 32.0 Å². The summed E-state index contributed by atoms with van der Waals surface area (Å²) in [5.74, 6) is -0.608. The van der Waals surface area contributed by atoms with Crippen molar-refractivity contribution in [2.24, 2.45) is 5.92 Å². The molecule has 9 heteroatoms. The lowest BCUT2D eigenvalue weighted by Gasteiger charge is -2.35. The number of nitro benzene ring substituents is 1. The summed E-state index contributed by atoms with van der Waals surface area (Å²) in [5.41, 5.74) is 1.14. The Morgan fingerprint density at radius 2 is 1.66 bits per heavy atom. The zero-order chi connectivity index (χ0) is 23.1. The largest absolute Gasteiger partial charge is 0.425 e. The first-order valence-electron chi connectivity index (χ1n) is 10.6. The smallest absolute Gasteiger partial charge is 0.334 e. The standard InChI is InChI=1S/C23H28N4O5/c1-17(2)21(22(28)32-20-10-8-19(9-11-20)27(30)31)24-23(29)26-14-12-25(13-15-26)16-18-6-4-3-5-7-18/h3-11,17,21H,12-16H2,1-2H3,(H,24,29). The van der Waals surface area contributed by atoms with E-state index in [1.54, 1.807) is 4.90 Å². The molecule has 0 spiro atoms. The second-order valence-corrected chi connectivity index (χ2v) is 8.09. The van der Waals surface area contributed by atoms with E-state index in [2.05, 4.69) is 22.3 Å². The molecule has 0 radical (unpaired) electrons. The van der Waals surface area contributed by atoms with Crippen molar-refractivity contribution in [1.82, 2.24) is 15.1 Å². The van der Waals surface area contributed by atoms with Gasteiger partial charge in [-0.15, -0.1) is 0 Å². The van der Waals surface area contributed by atoms with E-state index in [0.717, 1.165) is 19.6 Å². The molecule has 2 aromatic rings. The van der Waals surface area contributed by atoms with Gasteiger partial charge in [0.2, 0.25) is 0 Å². The molecule has 32 heavy (non-hydrogen) atoms. The number of nitrogens with one attached hydrogen (secondary N) is 1. The topological polar surface area (TPSA) is 105 Å². The van der Waals surface area contributed by atoms with Crippen LogP contribution in [-0.4, -0.2) is 58.9 Å². The number of urea groups is 1. The molecule has 1 aliphatic heterocycles. The van der Waals surface area contributed by atoms with Crippen LogP contribution in [0.25, 0.3) is 0 Å². The first-order chi connectivity index (χ1) is 15.3. The minimum atomic E-state index is -0.833. The summed E-state index contributed by atoms with van der Waals surface area (Å²) in [7, 11) is 0. The van der Waals surface area contributed by atoms with Gasteiger partial charge < -0.3 is 15.0 Å². The molecular formula is C23H28N4O5. The highest BCUT2D eigenvalue weighted by Gasteiger charge is 2.29. The number of hydrogen-bond acceptors (Lipinski definition) is 6. The number of hydrogen-bond donors (Lipinski definition) is 1. The SMILES string of the molecule is CC(C)C(NC(=O)N1CCN(Cc2ccccc2)CC1)C(=O)Oc1ccc([N+](=O)[O-])cc1. The van der Waals surface area contributed by atoms with Crippen molar-refractivity contribution < 1.29 is 19.2 Å². The third-order valence-corrected chi connectivity index (χ3v) is 5.37. The fourth-order valence-electron chi connectivity index (χ4n) is 3.49. The second-order valence-electron chi connectivity index (χ2n) is 8.09. The molecule has 2 amide bonds. The Labute approximate surface area is 187 Å². The Bertz CT molecular complexity index is 925. The summed E-state index contributed by atoms with van der Waals surface area (Å²) in [6.45, 7) is 7.12. The molecule has 1 heterocycles. The zero-order valence-electron chi connectivity index (χ0n) is 18.3. The van der Waals surface area contributed by atoms with Crippen LogP contribution in [0.5, 0.6) is 5.75 Å². The van der Waals surface area contributed by atoms with Gasteiger partial charge in [-0.25, -0.2) is 9.59 Å². The highest BCUT2D eigenvalue weighted by molar-refractivity contribution is 5.85. The number of amides is 2. The van der Waals surface area contributed by atoms with Crippen molar-refractivity contribution >= 4 is 17.7 Å². The van der Waals surface area contributed by atoms with Crippen LogP contribution in [0, 0.1) is 16.0 Å². The van der Waals surface area contributed by atoms with Gasteiger partial charge in [0.05, 0.1) is 4.92 Å². The van der Waals surface area contributed by atoms with Crippen LogP contribution in [0.2, 0.25) is 0 Å². The Morgan fingerprint density at radius 3 is 2.22 bits per heavy atom. The molecule has 3 rings (SSSR count). The van der Waals surface area contributed by atoms with Crippen LogP contribution in [0.3, 0.4) is 0 Å². The average molecular weight is 441 g/mol. The monoisotopic (exact) mass is 440 g/mol. The summed E-state index contributed by atoms with van der Waals surface area (Å²) in [5, 5.41) is 13.5. The van der Waals surface area contributed by atoms with Gasteiger partial charge in [0.15, 0.2) is 0 Å². The van der Waals surface area contributed by atoms with Crippen LogP contribution in [0.15, 0.2) is 54.6 Å². The maximum atomic E-state index is 12.8. The maximum Gasteiger partial charge on any atom is 0.334 e. The highest BCUT2D eigenvalue weighted by atomic mass is 16.6. The molecule has 9 nitrogen and oxygen atoms in total. The molecule has 1 aliphatic rings. The number of piperazine rings is 1. The van der Waals surface area contributed by atoms with Crippen molar-refractivity contribution in [3.05, 3.63) is 70.3 Å². The van der Waals surface area contributed by atoms with Gasteiger partial charge in [0.25, 0.3) is 5.69 Å². The molecule has 1 saturated heterocycles. The number of nitrogens with zero attached hydrogens (tertiary/aromatic N) is 3. The molecule has 1 fully saturated rings. The summed E-state index contributed by atoms with van der Waals surface area (Å²) in [6.07, 6.45) is 0. The Balaban J connectivity index is 1.52. The third kappa shape index (κ3) is 6.27. The Morgan fingerprint density at radius 1 is 1.03 bits per heavy atom. The van der Waals surface area contributed by atoms with Gasteiger partial charge in [-0.05, 0) is 23.6 Å². The lowest BCUT2D eigenvalue weighted by Crippen LogP contribution is -2.56. The Hall–Kier alpha value is -3.46. The van der Waals surface area contributed by atoms with E-state index in [0.29, 0.717) is 13.1 Å². The minimum Gasteiger partial charge on any atom is -0.425 e. The number of carbonyl (C=O) groups is 2. The molecular weight excluding hydrogens is 412 g/mol. The highest BCUT2D eigenvalue weighted by Crippen LogP contribution is 2.19. The van der Waals surface area contributed by atoms with Crippen LogP contribution in [0.4, 0.5) is 10.5 Å². The molecule has 1 N–H and O–H groups in total. The number of rotatable bonds is 7. The Kier molecular flexibility index (Phi) is 7.77. The molecule has 2 aromatic carbocycles. The first-order valence-corrected chi connectivity index (χ1v) is 10.6. The zero-order valence-corrected chi connectivity index (χ0v) is 18.3. The molecule has 1 unspecified atom stereocenters. The summed E-state index contributed by atoms with van der Waals surface area (Å²) in [4.78, 5) is 39.6. The van der Waals surface area contributed by atoms with Crippen molar-refractivity contribution in [2.75, 3.05) is 26.2 Å². The van der Waals surface area contributed by atoms with Crippen LogP contribution < -0.4 is 10.1 Å². The van der Waals surface area contributed by atoms with Gasteiger partial charge in [0, 0.05) is 44.9 Å². The molecule has 0 saturated carbocycles. The van der Waals surface area contributed by atoms with Gasteiger partial charge in [-0.1, -0.05) is 44.2 Å². The number of carbonyl (C=O) groups excluding carboxylic acids is 2. The van der Waals surface area contributed by atoms with Crippen LogP contribution in [-0.2, 0) is 11.3 Å². The maximum absolute atomic E-state index is 12.8. The number of nitro groups is 1. The van der Waals surface area contributed by atoms with Crippen molar-refractivity contribution in [2.45, 2.75) is 26.4 Å². The van der Waals surface area contributed by atoms with E-state index < -0.39 is 16.9 Å². The fraction of sp³-hybridized carbons (Fsp3) is 0.391. The van der Waals surface area contributed by atoms with Crippen molar-refractivity contribution in [3.63, 3.8) is 0 Å². The minimum absolute atomic E-state index is 0.0927. The summed E-state index contributed by atoms with van der Waals surface area (Å²) < 4.78 is 5.34. The molecule has 0 bridgehead atoms. The normalized spacial score (nSPS) is 15.3. The predicted molar refractivity (Wildman–Crippen MR) is 119 cm³/mol. The van der Waals surface area contributed by atoms with E-state index in [9.17, 15) is 19.7 Å². The number of benzene rings is 2. The number of esters is 1. The summed E-state index contributed by atoms with van der Waals surface area (Å²) in [6, 6.07) is 14.3. The molecule has 170 valence electrons. The van der Waals surface area contributed by atoms with E-state index in [4.69, 9.17) is 4.74 Å². The van der Waals surface area contributed by atoms with Crippen molar-refractivity contribution in [1.29, 1.82) is 0 Å². The van der Waals surface area contributed by atoms with Crippen LogP contribution >= 0.6 is 0 Å². The third-order valence-electron chi connectivity index (χ3n) is 5.37. The molecule has 0 aliphatic carbocycles. The molecule has 0 aromatic heterocycles. The lowest BCUT2D eigenvalue weighted by atomic mass is 10.0. The van der Waals surface area contributed by atoms with Crippen molar-refractivity contribution in [3.8, 4) is 5.75 Å². The van der Waals surface area contributed by atoms with E-state index in [-0.39, 0.29) is 23.4 Å². The van der Waals surface area contributed by atoms with Gasteiger partial charge in [-0.2, -0.15) is 0 Å². The van der Waals surface area contributed by atoms with Gasteiger partial charge in [-0.3, -0.25) is 15.0 Å². The number of ether oxygens (including phenoxy) is 1.